The minimum Gasteiger partial charge on any atom is -0.326 e. The Morgan fingerprint density at radius 1 is 1.38 bits per heavy atom. The average Bonchev–Trinajstić information content (AvgIpc) is 3.23. The van der Waals surface area contributed by atoms with Crippen LogP contribution in [0.4, 0.5) is 18.9 Å². The van der Waals surface area contributed by atoms with E-state index in [1.54, 1.807) is 0 Å². The molecule has 2 amide bonds. The van der Waals surface area contributed by atoms with Crippen LogP contribution < -0.4 is 10.6 Å². The number of amides is 2. The smallest absolute Gasteiger partial charge is 0.326 e. The van der Waals surface area contributed by atoms with Crippen LogP contribution in [-0.4, -0.2) is 28.3 Å². The van der Waals surface area contributed by atoms with Crippen molar-refractivity contribution < 1.29 is 22.8 Å². The van der Waals surface area contributed by atoms with Crippen molar-refractivity contribution in [1.29, 1.82) is 0 Å². The number of carbonyl (C=O) groups excluding carboxylic acids is 2. The van der Waals surface area contributed by atoms with E-state index in [4.69, 9.17) is 0 Å². The lowest BCUT2D eigenvalue weighted by Crippen LogP contribution is -2.28. The zero-order valence-corrected chi connectivity index (χ0v) is 13.2. The quantitative estimate of drug-likeness (QED) is 0.871. The van der Waals surface area contributed by atoms with Crippen LogP contribution in [0, 0.1) is 0 Å². The summed E-state index contributed by atoms with van der Waals surface area (Å²) < 4.78 is 38.0. The maximum atomic E-state index is 12.7. The third kappa shape index (κ3) is 4.28. The molecule has 2 aliphatic rings. The molecule has 1 saturated heterocycles. The lowest BCUT2D eigenvalue weighted by Gasteiger charge is -2.10. The predicted molar refractivity (Wildman–Crippen MR) is 84.7 cm³/mol. The molecule has 0 aromatic heterocycles. The van der Waals surface area contributed by atoms with Crippen molar-refractivity contribution in [3.63, 3.8) is 0 Å². The van der Waals surface area contributed by atoms with E-state index >= 15 is 0 Å². The van der Waals surface area contributed by atoms with Gasteiger partial charge in [-0.15, -0.1) is 0 Å². The van der Waals surface area contributed by atoms with Crippen molar-refractivity contribution >= 4 is 34.4 Å². The first-order valence-corrected chi connectivity index (χ1v) is 8.21. The number of nitrogens with zero attached hydrogens (tertiary/aromatic N) is 1. The van der Waals surface area contributed by atoms with Crippen molar-refractivity contribution in [2.24, 2.45) is 4.99 Å². The van der Waals surface area contributed by atoms with Crippen LogP contribution in [0.15, 0.2) is 29.3 Å². The van der Waals surface area contributed by atoms with Gasteiger partial charge in [0.1, 0.15) is 5.25 Å². The summed E-state index contributed by atoms with van der Waals surface area (Å²) in [4.78, 5) is 28.1. The van der Waals surface area contributed by atoms with E-state index in [9.17, 15) is 22.8 Å². The Kier molecular flexibility index (Phi) is 4.53. The summed E-state index contributed by atoms with van der Waals surface area (Å²) in [7, 11) is 0. The van der Waals surface area contributed by atoms with Gasteiger partial charge >= 0.3 is 6.18 Å². The number of thioether (sulfide) groups is 1. The highest BCUT2D eigenvalue weighted by atomic mass is 32.2. The molecule has 0 radical (unpaired) electrons. The van der Waals surface area contributed by atoms with Crippen molar-refractivity contribution in [2.75, 3.05) is 5.32 Å². The molecule has 0 spiro atoms. The number of hydrogen-bond donors (Lipinski definition) is 2. The van der Waals surface area contributed by atoms with Crippen LogP contribution in [0.5, 0.6) is 0 Å². The molecule has 1 aromatic carbocycles. The Balaban J connectivity index is 1.59. The number of anilines is 1. The molecule has 9 heteroatoms. The van der Waals surface area contributed by atoms with E-state index < -0.39 is 22.9 Å². The number of rotatable bonds is 4. The Labute approximate surface area is 140 Å². The van der Waals surface area contributed by atoms with Crippen molar-refractivity contribution in [1.82, 2.24) is 5.32 Å². The molecule has 1 aliphatic carbocycles. The largest absolute Gasteiger partial charge is 0.416 e. The van der Waals surface area contributed by atoms with Gasteiger partial charge in [0.25, 0.3) is 0 Å². The number of amidine groups is 1. The first kappa shape index (κ1) is 16.8. The van der Waals surface area contributed by atoms with Gasteiger partial charge < -0.3 is 10.6 Å². The van der Waals surface area contributed by atoms with Crippen LogP contribution >= 0.6 is 11.8 Å². The lowest BCUT2D eigenvalue weighted by molar-refractivity contribution is -0.137. The van der Waals surface area contributed by atoms with Crippen molar-refractivity contribution in [2.45, 2.75) is 36.7 Å². The zero-order chi connectivity index (χ0) is 17.3. The van der Waals surface area contributed by atoms with Gasteiger partial charge in [0.2, 0.25) is 11.8 Å². The minimum absolute atomic E-state index is 0.0464. The second-order valence-electron chi connectivity index (χ2n) is 5.59. The number of nitrogens with one attached hydrogen (secondary N) is 2. The van der Waals surface area contributed by atoms with Gasteiger partial charge in [-0.2, -0.15) is 13.2 Å². The fourth-order valence-electron chi connectivity index (χ4n) is 2.12. The van der Waals surface area contributed by atoms with Crippen LogP contribution in [0.2, 0.25) is 0 Å². The van der Waals surface area contributed by atoms with Crippen molar-refractivity contribution in [3.05, 3.63) is 29.8 Å². The van der Waals surface area contributed by atoms with Crippen LogP contribution in [0.3, 0.4) is 0 Å². The Morgan fingerprint density at radius 2 is 2.12 bits per heavy atom. The highest BCUT2D eigenvalue weighted by molar-refractivity contribution is 8.15. The molecule has 24 heavy (non-hydrogen) atoms. The highest BCUT2D eigenvalue weighted by Crippen LogP contribution is 2.31. The molecular weight excluding hydrogens is 343 g/mol. The highest BCUT2D eigenvalue weighted by Gasteiger charge is 2.34. The van der Waals surface area contributed by atoms with Gasteiger partial charge in [0.15, 0.2) is 5.17 Å². The summed E-state index contributed by atoms with van der Waals surface area (Å²) in [5.74, 6) is -0.826. The molecule has 1 unspecified atom stereocenters. The number of hydrogen-bond acceptors (Lipinski definition) is 4. The van der Waals surface area contributed by atoms with Gasteiger partial charge in [0, 0.05) is 12.1 Å². The second-order valence-corrected chi connectivity index (χ2v) is 6.78. The number of aliphatic imine (C=N–C) groups is 1. The molecule has 1 heterocycles. The van der Waals surface area contributed by atoms with E-state index in [0.29, 0.717) is 5.17 Å². The van der Waals surface area contributed by atoms with Crippen LogP contribution in [0.25, 0.3) is 0 Å². The van der Waals surface area contributed by atoms with Gasteiger partial charge in [0.05, 0.1) is 11.6 Å². The third-order valence-electron chi connectivity index (χ3n) is 3.47. The van der Waals surface area contributed by atoms with E-state index in [0.717, 1.165) is 25.0 Å². The molecule has 2 fully saturated rings. The first-order valence-electron chi connectivity index (χ1n) is 7.34. The van der Waals surface area contributed by atoms with Crippen LogP contribution in [0.1, 0.15) is 24.8 Å². The Bertz CT molecular complexity index is 701. The Morgan fingerprint density at radius 3 is 2.79 bits per heavy atom. The molecule has 1 aromatic rings. The molecule has 128 valence electrons. The summed E-state index contributed by atoms with van der Waals surface area (Å²) in [6, 6.07) is 4.63. The summed E-state index contributed by atoms with van der Waals surface area (Å²) in [6.45, 7) is 0. The molecule has 0 bridgehead atoms. The maximum absolute atomic E-state index is 12.7. The summed E-state index contributed by atoms with van der Waals surface area (Å²) >= 11 is 1.18. The predicted octanol–water partition coefficient (Wildman–Crippen LogP) is 2.78. The lowest BCUT2D eigenvalue weighted by atomic mass is 10.2. The summed E-state index contributed by atoms with van der Waals surface area (Å²) in [5.41, 5.74) is -0.794. The monoisotopic (exact) mass is 357 g/mol. The molecular formula is C15H14F3N3O2S. The zero-order valence-electron chi connectivity index (χ0n) is 12.4. The number of benzene rings is 1. The van der Waals surface area contributed by atoms with E-state index in [2.05, 4.69) is 15.6 Å². The topological polar surface area (TPSA) is 70.6 Å². The summed E-state index contributed by atoms with van der Waals surface area (Å²) in [6.07, 6.45) is -2.60. The van der Waals surface area contributed by atoms with Crippen molar-refractivity contribution in [3.8, 4) is 0 Å². The molecule has 3 rings (SSSR count). The Hall–Kier alpha value is -2.03. The van der Waals surface area contributed by atoms with E-state index in [1.165, 1.54) is 23.9 Å². The average molecular weight is 357 g/mol. The molecule has 1 aliphatic heterocycles. The standard InChI is InChI=1S/C15H14F3N3O2S/c16-15(17,18)8-2-1-3-10(6-8)19-12(22)7-11-13(23)21-14(24-11)20-9-4-5-9/h1-3,6,9,11H,4-5,7H2,(H,19,22)(H,20,21,23). The molecule has 1 saturated carbocycles. The minimum atomic E-state index is -4.48. The summed E-state index contributed by atoms with van der Waals surface area (Å²) in [5, 5.41) is 4.91. The maximum Gasteiger partial charge on any atom is 0.416 e. The fraction of sp³-hybridized carbons (Fsp3) is 0.400. The normalized spacial score (nSPS) is 22.5. The van der Waals surface area contributed by atoms with E-state index in [1.807, 2.05) is 0 Å². The van der Waals surface area contributed by atoms with Gasteiger partial charge in [-0.3, -0.25) is 14.6 Å². The molecule has 5 nitrogen and oxygen atoms in total. The first-order chi connectivity index (χ1) is 11.3. The SMILES string of the molecule is O=C(CC1SC(=NC2CC2)NC1=O)Nc1cccc(C(F)(F)F)c1. The number of alkyl halides is 3. The second kappa shape index (κ2) is 6.46. The third-order valence-corrected chi connectivity index (χ3v) is 4.56. The van der Waals surface area contributed by atoms with Gasteiger partial charge in [-0.1, -0.05) is 17.8 Å². The number of halogens is 3. The van der Waals surface area contributed by atoms with Gasteiger partial charge in [-0.25, -0.2) is 0 Å². The van der Waals surface area contributed by atoms with E-state index in [-0.39, 0.29) is 24.1 Å². The van der Waals surface area contributed by atoms with Crippen LogP contribution in [-0.2, 0) is 15.8 Å². The number of carbonyl (C=O) groups is 2. The molecule has 1 atom stereocenters. The fourth-order valence-corrected chi connectivity index (χ4v) is 3.16. The van der Waals surface area contributed by atoms with Gasteiger partial charge in [-0.05, 0) is 31.0 Å². The molecule has 2 N–H and O–H groups in total.